The average molecular weight is 332 g/mol. The normalized spacial score (nSPS) is 20.3. The molecule has 0 spiro atoms. The van der Waals surface area contributed by atoms with Crippen molar-refractivity contribution in [1.82, 2.24) is 9.80 Å². The summed E-state index contributed by atoms with van der Waals surface area (Å²) in [5.41, 5.74) is 0.938. The maximum atomic E-state index is 12.1. The minimum Gasteiger partial charge on any atom is -0.459 e. The number of carbonyl (C=O) groups is 1. The molecule has 24 heavy (non-hydrogen) atoms. The van der Waals surface area contributed by atoms with Crippen LogP contribution >= 0.6 is 0 Å². The van der Waals surface area contributed by atoms with E-state index in [4.69, 9.17) is 4.74 Å². The van der Waals surface area contributed by atoms with Crippen LogP contribution in [0.3, 0.4) is 0 Å². The quantitative estimate of drug-likeness (QED) is 0.747. The molecule has 1 heterocycles. The van der Waals surface area contributed by atoms with Crippen LogP contribution in [0.25, 0.3) is 0 Å². The molecule has 0 N–H and O–H groups in total. The summed E-state index contributed by atoms with van der Waals surface area (Å²) in [5, 5.41) is 0. The molecular formula is C20H32N2O2. The van der Waals surface area contributed by atoms with Gasteiger partial charge in [0, 0.05) is 25.2 Å². The molecule has 0 radical (unpaired) electrons. The van der Waals surface area contributed by atoms with Gasteiger partial charge in [-0.3, -0.25) is 14.6 Å². The highest BCUT2D eigenvalue weighted by atomic mass is 16.6. The molecule has 0 amide bonds. The number of nitrogens with zero attached hydrogens (tertiary/aromatic N) is 2. The summed E-state index contributed by atoms with van der Waals surface area (Å²) in [6, 6.07) is 11.5. The fourth-order valence-corrected chi connectivity index (χ4v) is 3.40. The second kappa shape index (κ2) is 8.13. The first kappa shape index (κ1) is 18.9. The molecule has 0 bridgehead atoms. The highest BCUT2D eigenvalue weighted by molar-refractivity contribution is 5.72. The summed E-state index contributed by atoms with van der Waals surface area (Å²) < 4.78 is 5.48. The topological polar surface area (TPSA) is 32.8 Å². The van der Waals surface area contributed by atoms with Crippen LogP contribution in [0.5, 0.6) is 0 Å². The lowest BCUT2D eigenvalue weighted by Crippen LogP contribution is -2.42. The zero-order valence-corrected chi connectivity index (χ0v) is 15.8. The number of hydrogen-bond donors (Lipinski definition) is 0. The Hall–Kier alpha value is -1.39. The minimum atomic E-state index is -0.417. The summed E-state index contributed by atoms with van der Waals surface area (Å²) in [6.45, 7) is 13.5. The zero-order chi connectivity index (χ0) is 17.7. The third-order valence-corrected chi connectivity index (χ3v) is 4.70. The molecule has 4 nitrogen and oxygen atoms in total. The predicted octanol–water partition coefficient (Wildman–Crippen LogP) is 3.49. The van der Waals surface area contributed by atoms with E-state index in [-0.39, 0.29) is 5.97 Å². The van der Waals surface area contributed by atoms with Gasteiger partial charge in [0.1, 0.15) is 5.60 Å². The van der Waals surface area contributed by atoms with Crippen LogP contribution in [-0.2, 0) is 9.53 Å². The SMILES string of the molecule is CCN(CC(=O)OC(C)(C)C)C1CCN(C(C)c2ccccc2)C1. The molecule has 1 aromatic carbocycles. The molecule has 0 aromatic heterocycles. The van der Waals surface area contributed by atoms with E-state index in [0.29, 0.717) is 18.6 Å². The molecule has 4 heteroatoms. The number of ether oxygens (including phenoxy) is 1. The Morgan fingerprint density at radius 1 is 1.33 bits per heavy atom. The summed E-state index contributed by atoms with van der Waals surface area (Å²) in [4.78, 5) is 16.9. The molecule has 0 aliphatic carbocycles. The fourth-order valence-electron chi connectivity index (χ4n) is 3.40. The Balaban J connectivity index is 1.91. The Morgan fingerprint density at radius 3 is 2.58 bits per heavy atom. The maximum Gasteiger partial charge on any atom is 0.320 e. The predicted molar refractivity (Wildman–Crippen MR) is 97.9 cm³/mol. The van der Waals surface area contributed by atoms with Gasteiger partial charge in [-0.25, -0.2) is 0 Å². The lowest BCUT2D eigenvalue weighted by molar-refractivity contribution is -0.156. The van der Waals surface area contributed by atoms with Crippen molar-refractivity contribution < 1.29 is 9.53 Å². The van der Waals surface area contributed by atoms with Gasteiger partial charge in [-0.1, -0.05) is 37.3 Å². The third kappa shape index (κ3) is 5.32. The van der Waals surface area contributed by atoms with E-state index in [1.807, 2.05) is 20.8 Å². The summed E-state index contributed by atoms with van der Waals surface area (Å²) in [6.07, 6.45) is 1.10. The summed E-state index contributed by atoms with van der Waals surface area (Å²) in [5.74, 6) is -0.126. The Bertz CT molecular complexity index is 524. The van der Waals surface area contributed by atoms with Gasteiger partial charge in [0.05, 0.1) is 6.54 Å². The minimum absolute atomic E-state index is 0.126. The number of carbonyl (C=O) groups excluding carboxylic acids is 1. The molecular weight excluding hydrogens is 300 g/mol. The van der Waals surface area contributed by atoms with Gasteiger partial charge in [0.25, 0.3) is 0 Å². The standard InChI is InChI=1S/C20H32N2O2/c1-6-21(15-19(23)24-20(3,4)5)18-12-13-22(14-18)16(2)17-10-8-7-9-11-17/h7-11,16,18H,6,12-15H2,1-5H3. The lowest BCUT2D eigenvalue weighted by atomic mass is 10.1. The number of hydrogen-bond acceptors (Lipinski definition) is 4. The van der Waals surface area contributed by atoms with Crippen LogP contribution in [0.1, 0.15) is 52.6 Å². The van der Waals surface area contributed by atoms with Crippen molar-refractivity contribution in [3.8, 4) is 0 Å². The smallest absolute Gasteiger partial charge is 0.320 e. The van der Waals surface area contributed by atoms with E-state index in [1.54, 1.807) is 0 Å². The number of rotatable bonds is 6. The molecule has 2 atom stereocenters. The Labute approximate surface area is 146 Å². The molecule has 0 saturated carbocycles. The van der Waals surface area contributed by atoms with Crippen molar-refractivity contribution in [3.63, 3.8) is 0 Å². The first-order valence-electron chi connectivity index (χ1n) is 9.05. The van der Waals surface area contributed by atoms with Crippen LogP contribution in [0.2, 0.25) is 0 Å². The van der Waals surface area contributed by atoms with Gasteiger partial charge >= 0.3 is 5.97 Å². The van der Waals surface area contributed by atoms with E-state index in [1.165, 1.54) is 5.56 Å². The lowest BCUT2D eigenvalue weighted by Gasteiger charge is -2.30. The second-order valence-electron chi connectivity index (χ2n) is 7.67. The Morgan fingerprint density at radius 2 is 2.00 bits per heavy atom. The molecule has 2 rings (SSSR count). The van der Waals surface area contributed by atoms with E-state index < -0.39 is 5.60 Å². The molecule has 1 fully saturated rings. The number of likely N-dealkylation sites (N-methyl/N-ethyl adjacent to an activating group) is 1. The summed E-state index contributed by atoms with van der Waals surface area (Å²) >= 11 is 0. The van der Waals surface area contributed by atoms with Crippen molar-refractivity contribution in [2.75, 3.05) is 26.2 Å². The van der Waals surface area contributed by atoms with Crippen molar-refractivity contribution in [1.29, 1.82) is 0 Å². The van der Waals surface area contributed by atoms with E-state index in [2.05, 4.69) is 54.0 Å². The first-order chi connectivity index (χ1) is 11.3. The molecule has 1 aliphatic rings. The average Bonchev–Trinajstić information content (AvgIpc) is 3.00. The van der Waals surface area contributed by atoms with Crippen LogP contribution in [-0.4, -0.2) is 53.6 Å². The van der Waals surface area contributed by atoms with Gasteiger partial charge in [-0.2, -0.15) is 0 Å². The van der Waals surface area contributed by atoms with Crippen LogP contribution in [0, 0.1) is 0 Å². The fraction of sp³-hybridized carbons (Fsp3) is 0.650. The maximum absolute atomic E-state index is 12.1. The van der Waals surface area contributed by atoms with Gasteiger partial charge in [-0.05, 0) is 46.2 Å². The number of esters is 1. The number of likely N-dealkylation sites (tertiary alicyclic amines) is 1. The summed E-state index contributed by atoms with van der Waals surface area (Å²) in [7, 11) is 0. The van der Waals surface area contributed by atoms with E-state index in [0.717, 1.165) is 26.1 Å². The molecule has 2 unspecified atom stereocenters. The van der Waals surface area contributed by atoms with Crippen molar-refractivity contribution >= 4 is 5.97 Å². The molecule has 1 aliphatic heterocycles. The molecule has 1 aromatic rings. The Kier molecular flexibility index (Phi) is 6.41. The highest BCUT2D eigenvalue weighted by Gasteiger charge is 2.31. The van der Waals surface area contributed by atoms with Crippen LogP contribution < -0.4 is 0 Å². The third-order valence-electron chi connectivity index (χ3n) is 4.70. The number of benzene rings is 1. The van der Waals surface area contributed by atoms with Gasteiger partial charge < -0.3 is 4.74 Å². The van der Waals surface area contributed by atoms with Gasteiger partial charge in [0.2, 0.25) is 0 Å². The molecule has 1 saturated heterocycles. The van der Waals surface area contributed by atoms with Gasteiger partial charge in [-0.15, -0.1) is 0 Å². The molecule has 134 valence electrons. The van der Waals surface area contributed by atoms with Crippen molar-refractivity contribution in [3.05, 3.63) is 35.9 Å². The van der Waals surface area contributed by atoms with Gasteiger partial charge in [0.15, 0.2) is 0 Å². The zero-order valence-electron chi connectivity index (χ0n) is 15.8. The van der Waals surface area contributed by atoms with Crippen LogP contribution in [0.15, 0.2) is 30.3 Å². The largest absolute Gasteiger partial charge is 0.459 e. The second-order valence-corrected chi connectivity index (χ2v) is 7.67. The monoisotopic (exact) mass is 332 g/mol. The van der Waals surface area contributed by atoms with E-state index >= 15 is 0 Å². The van der Waals surface area contributed by atoms with Crippen LogP contribution in [0.4, 0.5) is 0 Å². The highest BCUT2D eigenvalue weighted by Crippen LogP contribution is 2.26. The van der Waals surface area contributed by atoms with Crippen molar-refractivity contribution in [2.24, 2.45) is 0 Å². The van der Waals surface area contributed by atoms with E-state index in [9.17, 15) is 4.79 Å². The van der Waals surface area contributed by atoms with Crippen molar-refractivity contribution in [2.45, 2.75) is 58.7 Å². The first-order valence-corrected chi connectivity index (χ1v) is 9.05.